The second kappa shape index (κ2) is 4.56. The summed E-state index contributed by atoms with van der Waals surface area (Å²) >= 11 is 5.87. The minimum atomic E-state index is 0.161. The molecule has 0 saturated carbocycles. The number of halogens is 1. The van der Waals surface area contributed by atoms with Crippen LogP contribution < -0.4 is 4.90 Å². The van der Waals surface area contributed by atoms with E-state index in [4.69, 9.17) is 11.6 Å². The summed E-state index contributed by atoms with van der Waals surface area (Å²) in [5.41, 5.74) is 1.93. The van der Waals surface area contributed by atoms with E-state index in [2.05, 4.69) is 18.7 Å². The lowest BCUT2D eigenvalue weighted by molar-refractivity contribution is 0.475. The van der Waals surface area contributed by atoms with Gasteiger partial charge in [0.2, 0.25) is 0 Å². The van der Waals surface area contributed by atoms with Gasteiger partial charge in [-0.1, -0.05) is 11.6 Å². The lowest BCUT2D eigenvalue weighted by atomic mass is 10.2. The Bertz CT molecular complexity index is 298. The average Bonchev–Trinajstić information content (AvgIpc) is 2.16. The van der Waals surface area contributed by atoms with E-state index in [1.165, 1.54) is 0 Å². The molecule has 0 amide bonds. The summed E-state index contributed by atoms with van der Waals surface area (Å²) in [5, 5.41) is 10.0. The van der Waals surface area contributed by atoms with Gasteiger partial charge in [0.05, 0.1) is 5.02 Å². The molecule has 2 nitrogen and oxygen atoms in total. The van der Waals surface area contributed by atoms with Crippen LogP contribution in [0.5, 0.6) is 5.75 Å². The van der Waals surface area contributed by atoms with Crippen LogP contribution in [0.15, 0.2) is 12.1 Å². The first kappa shape index (κ1) is 11.2. The Morgan fingerprint density at radius 2 is 1.86 bits per heavy atom. The summed E-state index contributed by atoms with van der Waals surface area (Å²) in [5.74, 6) is 0.161. The first-order chi connectivity index (χ1) is 6.60. The highest BCUT2D eigenvalue weighted by Crippen LogP contribution is 2.31. The molecular weight excluding hydrogens is 198 g/mol. The molecule has 0 bridgehead atoms. The minimum absolute atomic E-state index is 0.161. The molecule has 14 heavy (non-hydrogen) atoms. The van der Waals surface area contributed by atoms with Crippen LogP contribution in [-0.4, -0.2) is 18.2 Å². The summed E-state index contributed by atoms with van der Waals surface area (Å²) in [6, 6.07) is 3.71. The Morgan fingerprint density at radius 1 is 1.29 bits per heavy atom. The van der Waals surface area contributed by atoms with Gasteiger partial charge >= 0.3 is 0 Å². The molecule has 0 atom stereocenters. The molecule has 1 aromatic rings. The summed E-state index contributed by atoms with van der Waals surface area (Å²) < 4.78 is 0. The van der Waals surface area contributed by atoms with Crippen LogP contribution in [-0.2, 0) is 0 Å². The number of benzene rings is 1. The van der Waals surface area contributed by atoms with Gasteiger partial charge in [-0.15, -0.1) is 0 Å². The Hall–Kier alpha value is -0.890. The molecule has 0 fully saturated rings. The average molecular weight is 214 g/mol. The molecule has 0 unspecified atom stereocenters. The number of hydrogen-bond donors (Lipinski definition) is 1. The second-order valence-corrected chi connectivity index (χ2v) is 3.65. The number of aryl methyl sites for hydroxylation is 1. The molecule has 0 saturated heterocycles. The predicted molar refractivity (Wildman–Crippen MR) is 61.4 cm³/mol. The van der Waals surface area contributed by atoms with Gasteiger partial charge in [0.1, 0.15) is 5.75 Å². The lowest BCUT2D eigenvalue weighted by Crippen LogP contribution is -2.21. The maximum absolute atomic E-state index is 9.56. The lowest BCUT2D eigenvalue weighted by Gasteiger charge is -2.22. The first-order valence-corrected chi connectivity index (χ1v) is 5.22. The number of phenols is 1. The van der Waals surface area contributed by atoms with Gasteiger partial charge in [-0.3, -0.25) is 0 Å². The van der Waals surface area contributed by atoms with Crippen molar-refractivity contribution in [3.63, 3.8) is 0 Å². The SMILES string of the molecule is CCN(CC)c1cc(C)c(Cl)c(O)c1. The summed E-state index contributed by atoms with van der Waals surface area (Å²) in [6.45, 7) is 7.93. The molecule has 0 heterocycles. The third kappa shape index (κ3) is 2.13. The van der Waals surface area contributed by atoms with Crippen LogP contribution in [0.1, 0.15) is 19.4 Å². The Morgan fingerprint density at radius 3 is 2.29 bits per heavy atom. The van der Waals surface area contributed by atoms with Crippen molar-refractivity contribution in [1.82, 2.24) is 0 Å². The molecule has 0 aliphatic carbocycles. The van der Waals surface area contributed by atoms with E-state index in [0.717, 1.165) is 24.3 Å². The third-order valence-corrected chi connectivity index (χ3v) is 2.84. The summed E-state index contributed by atoms with van der Waals surface area (Å²) in [7, 11) is 0. The van der Waals surface area contributed by atoms with E-state index in [0.29, 0.717) is 5.02 Å². The zero-order chi connectivity index (χ0) is 10.7. The quantitative estimate of drug-likeness (QED) is 0.834. The van der Waals surface area contributed by atoms with Crippen LogP contribution in [0.4, 0.5) is 5.69 Å². The Kier molecular flexibility index (Phi) is 3.64. The standard InChI is InChI=1S/C11H16ClNO/c1-4-13(5-2)9-6-8(3)11(12)10(14)7-9/h6-7,14H,4-5H2,1-3H3. The van der Waals surface area contributed by atoms with Gasteiger partial charge in [0.25, 0.3) is 0 Å². The number of nitrogens with zero attached hydrogens (tertiary/aromatic N) is 1. The number of phenolic OH excluding ortho intramolecular Hbond substituents is 1. The normalized spacial score (nSPS) is 10.3. The predicted octanol–water partition coefficient (Wildman–Crippen LogP) is 3.20. The first-order valence-electron chi connectivity index (χ1n) is 4.84. The van der Waals surface area contributed by atoms with E-state index in [-0.39, 0.29) is 5.75 Å². The topological polar surface area (TPSA) is 23.5 Å². The smallest absolute Gasteiger partial charge is 0.136 e. The van der Waals surface area contributed by atoms with Gasteiger partial charge in [-0.2, -0.15) is 0 Å². The number of aromatic hydroxyl groups is 1. The molecular formula is C11H16ClNO. The fourth-order valence-electron chi connectivity index (χ4n) is 1.50. The Labute approximate surface area is 90.1 Å². The molecule has 0 aliphatic heterocycles. The van der Waals surface area contributed by atoms with Gasteiger partial charge in [0.15, 0.2) is 0 Å². The van der Waals surface area contributed by atoms with Crippen molar-refractivity contribution in [2.45, 2.75) is 20.8 Å². The van der Waals surface area contributed by atoms with E-state index < -0.39 is 0 Å². The maximum atomic E-state index is 9.56. The van der Waals surface area contributed by atoms with E-state index in [1.54, 1.807) is 6.07 Å². The van der Waals surface area contributed by atoms with E-state index in [1.807, 2.05) is 13.0 Å². The molecule has 0 radical (unpaired) electrons. The van der Waals surface area contributed by atoms with Crippen molar-refractivity contribution in [2.75, 3.05) is 18.0 Å². The van der Waals surface area contributed by atoms with Crippen LogP contribution in [0.2, 0.25) is 5.02 Å². The molecule has 0 aliphatic rings. The van der Waals surface area contributed by atoms with Gasteiger partial charge in [0, 0.05) is 24.8 Å². The highest BCUT2D eigenvalue weighted by molar-refractivity contribution is 6.32. The minimum Gasteiger partial charge on any atom is -0.506 e. The summed E-state index contributed by atoms with van der Waals surface area (Å²) in [6.07, 6.45) is 0. The van der Waals surface area contributed by atoms with Crippen molar-refractivity contribution in [2.24, 2.45) is 0 Å². The molecule has 1 rings (SSSR count). The van der Waals surface area contributed by atoms with E-state index >= 15 is 0 Å². The fraction of sp³-hybridized carbons (Fsp3) is 0.455. The van der Waals surface area contributed by atoms with Crippen LogP contribution in [0.25, 0.3) is 0 Å². The summed E-state index contributed by atoms with van der Waals surface area (Å²) in [4.78, 5) is 2.17. The van der Waals surface area contributed by atoms with E-state index in [9.17, 15) is 5.11 Å². The second-order valence-electron chi connectivity index (χ2n) is 3.27. The number of hydrogen-bond acceptors (Lipinski definition) is 2. The number of rotatable bonds is 3. The monoisotopic (exact) mass is 213 g/mol. The van der Waals surface area contributed by atoms with Crippen molar-refractivity contribution < 1.29 is 5.11 Å². The fourth-order valence-corrected chi connectivity index (χ4v) is 1.61. The van der Waals surface area contributed by atoms with Crippen molar-refractivity contribution >= 4 is 17.3 Å². The molecule has 1 aromatic carbocycles. The molecule has 1 N–H and O–H groups in total. The largest absolute Gasteiger partial charge is 0.506 e. The highest BCUT2D eigenvalue weighted by Gasteiger charge is 2.08. The third-order valence-electron chi connectivity index (χ3n) is 2.35. The zero-order valence-electron chi connectivity index (χ0n) is 8.84. The van der Waals surface area contributed by atoms with Gasteiger partial charge in [-0.25, -0.2) is 0 Å². The number of anilines is 1. The molecule has 78 valence electrons. The highest BCUT2D eigenvalue weighted by atomic mass is 35.5. The van der Waals surface area contributed by atoms with Crippen LogP contribution in [0, 0.1) is 6.92 Å². The molecule has 0 spiro atoms. The molecule has 0 aromatic heterocycles. The zero-order valence-corrected chi connectivity index (χ0v) is 9.60. The maximum Gasteiger partial charge on any atom is 0.136 e. The Balaban J connectivity index is 3.11. The van der Waals surface area contributed by atoms with Gasteiger partial charge in [-0.05, 0) is 32.4 Å². The van der Waals surface area contributed by atoms with Crippen molar-refractivity contribution in [3.05, 3.63) is 22.7 Å². The van der Waals surface area contributed by atoms with Gasteiger partial charge < -0.3 is 10.0 Å². The van der Waals surface area contributed by atoms with Crippen molar-refractivity contribution in [1.29, 1.82) is 0 Å². The van der Waals surface area contributed by atoms with Crippen molar-refractivity contribution in [3.8, 4) is 5.75 Å². The van der Waals surface area contributed by atoms with Crippen LogP contribution in [0.3, 0.4) is 0 Å². The van der Waals surface area contributed by atoms with Crippen LogP contribution >= 0.6 is 11.6 Å². The molecule has 3 heteroatoms.